The largest absolute Gasteiger partial charge is 0.493 e. The van der Waals surface area contributed by atoms with Gasteiger partial charge in [-0.25, -0.2) is 9.97 Å². The van der Waals surface area contributed by atoms with Gasteiger partial charge in [0.25, 0.3) is 0 Å². The normalized spacial score (nSPS) is 13.7. The van der Waals surface area contributed by atoms with Gasteiger partial charge in [-0.05, 0) is 51.2 Å². The van der Waals surface area contributed by atoms with Crippen LogP contribution in [0, 0.1) is 6.92 Å². The first-order chi connectivity index (χ1) is 13.2. The Bertz CT molecular complexity index is 805. The third kappa shape index (κ3) is 5.36. The second-order valence-electron chi connectivity index (χ2n) is 6.67. The molecule has 6 nitrogen and oxygen atoms in total. The Morgan fingerprint density at radius 1 is 1.00 bits per heavy atom. The first kappa shape index (κ1) is 19.0. The lowest BCUT2D eigenvalue weighted by Crippen LogP contribution is -2.08. The molecule has 144 valence electrons. The van der Waals surface area contributed by atoms with Crippen LogP contribution in [0.2, 0.25) is 0 Å². The summed E-state index contributed by atoms with van der Waals surface area (Å²) in [6.07, 6.45) is 8.56. The van der Waals surface area contributed by atoms with E-state index in [4.69, 9.17) is 9.47 Å². The summed E-state index contributed by atoms with van der Waals surface area (Å²) in [5.41, 5.74) is 2.44. The molecule has 1 aromatic heterocycles. The molecule has 1 aliphatic rings. The molecule has 1 aliphatic carbocycles. The van der Waals surface area contributed by atoms with E-state index >= 15 is 0 Å². The number of nitrogens with zero attached hydrogens (tertiary/aromatic N) is 2. The Kier molecular flexibility index (Phi) is 6.52. The van der Waals surface area contributed by atoms with Gasteiger partial charge in [0, 0.05) is 24.4 Å². The van der Waals surface area contributed by atoms with E-state index in [1.807, 2.05) is 31.2 Å². The van der Waals surface area contributed by atoms with Gasteiger partial charge >= 0.3 is 0 Å². The van der Waals surface area contributed by atoms with E-state index in [1.54, 1.807) is 19.8 Å². The lowest BCUT2D eigenvalue weighted by atomic mass is 9.97. The smallest absolute Gasteiger partial charge is 0.162 e. The molecule has 2 N–H and O–H groups in total. The highest BCUT2D eigenvalue weighted by Gasteiger charge is 2.08. The number of benzene rings is 1. The quantitative estimate of drug-likeness (QED) is 0.649. The molecule has 6 heteroatoms. The minimum atomic E-state index is 0.674. The topological polar surface area (TPSA) is 68.3 Å². The molecule has 3 rings (SSSR count). The van der Waals surface area contributed by atoms with Gasteiger partial charge in [-0.15, -0.1) is 0 Å². The Morgan fingerprint density at radius 2 is 1.81 bits per heavy atom. The molecular weight excluding hydrogens is 340 g/mol. The Labute approximate surface area is 161 Å². The number of nitrogens with one attached hydrogen (secondary N) is 2. The first-order valence-electron chi connectivity index (χ1n) is 9.44. The van der Waals surface area contributed by atoms with Gasteiger partial charge in [0.2, 0.25) is 0 Å². The van der Waals surface area contributed by atoms with E-state index in [2.05, 4.69) is 26.7 Å². The molecule has 0 unspecified atom stereocenters. The monoisotopic (exact) mass is 368 g/mol. The summed E-state index contributed by atoms with van der Waals surface area (Å²) in [5.74, 6) is 3.67. The molecule has 0 saturated carbocycles. The second-order valence-corrected chi connectivity index (χ2v) is 6.67. The second kappa shape index (κ2) is 9.26. The number of anilines is 3. The summed E-state index contributed by atoms with van der Waals surface area (Å²) in [7, 11) is 3.25. The van der Waals surface area contributed by atoms with Crippen molar-refractivity contribution in [2.75, 3.05) is 31.4 Å². The van der Waals surface area contributed by atoms with Crippen molar-refractivity contribution in [3.8, 4) is 11.5 Å². The SMILES string of the molecule is COc1ccc(Nc2cc(NCCC3=CCCCC3)nc(C)n2)cc1OC. The van der Waals surface area contributed by atoms with Crippen LogP contribution < -0.4 is 20.1 Å². The summed E-state index contributed by atoms with van der Waals surface area (Å²) < 4.78 is 10.6. The fraction of sp³-hybridized carbons (Fsp3) is 0.429. The third-order valence-electron chi connectivity index (χ3n) is 4.63. The molecule has 0 atom stereocenters. The number of ether oxygens (including phenoxy) is 2. The summed E-state index contributed by atoms with van der Waals surface area (Å²) in [4.78, 5) is 8.97. The molecule has 0 fully saturated rings. The summed E-state index contributed by atoms with van der Waals surface area (Å²) in [5, 5.41) is 6.74. The van der Waals surface area contributed by atoms with Gasteiger partial charge in [-0.1, -0.05) is 11.6 Å². The molecule has 2 aromatic rings. The molecule has 1 heterocycles. The van der Waals surface area contributed by atoms with E-state index < -0.39 is 0 Å². The van der Waals surface area contributed by atoms with Gasteiger partial charge in [-0.3, -0.25) is 0 Å². The van der Waals surface area contributed by atoms with Crippen molar-refractivity contribution in [1.82, 2.24) is 9.97 Å². The van der Waals surface area contributed by atoms with Gasteiger partial charge in [0.05, 0.1) is 14.2 Å². The zero-order chi connectivity index (χ0) is 19.1. The van der Waals surface area contributed by atoms with Crippen LogP contribution in [0.4, 0.5) is 17.3 Å². The fourth-order valence-corrected chi connectivity index (χ4v) is 3.27. The fourth-order valence-electron chi connectivity index (χ4n) is 3.27. The predicted octanol–water partition coefficient (Wildman–Crippen LogP) is 4.85. The van der Waals surface area contributed by atoms with Crippen LogP contribution in [0.15, 0.2) is 35.9 Å². The maximum absolute atomic E-state index is 5.36. The number of methoxy groups -OCH3 is 2. The molecular formula is C21H28N4O2. The number of aryl methyl sites for hydroxylation is 1. The maximum Gasteiger partial charge on any atom is 0.162 e. The van der Waals surface area contributed by atoms with E-state index in [0.29, 0.717) is 11.5 Å². The minimum absolute atomic E-state index is 0.674. The maximum atomic E-state index is 5.36. The lowest BCUT2D eigenvalue weighted by molar-refractivity contribution is 0.355. The molecule has 0 saturated heterocycles. The molecule has 0 bridgehead atoms. The van der Waals surface area contributed by atoms with E-state index in [9.17, 15) is 0 Å². The van der Waals surface area contributed by atoms with Crippen LogP contribution in [0.25, 0.3) is 0 Å². The number of allylic oxidation sites excluding steroid dienone is 1. The number of rotatable bonds is 8. The van der Waals surface area contributed by atoms with Crippen LogP contribution in [0.1, 0.15) is 37.9 Å². The highest BCUT2D eigenvalue weighted by Crippen LogP contribution is 2.31. The summed E-state index contributed by atoms with van der Waals surface area (Å²) in [6, 6.07) is 7.62. The Hall–Kier alpha value is -2.76. The van der Waals surface area contributed by atoms with E-state index in [-0.39, 0.29) is 0 Å². The van der Waals surface area contributed by atoms with Crippen LogP contribution in [-0.2, 0) is 0 Å². The van der Waals surface area contributed by atoms with Crippen molar-refractivity contribution in [1.29, 1.82) is 0 Å². The van der Waals surface area contributed by atoms with Gasteiger partial charge < -0.3 is 20.1 Å². The summed E-state index contributed by atoms with van der Waals surface area (Å²) in [6.45, 7) is 2.78. The Balaban J connectivity index is 1.65. The minimum Gasteiger partial charge on any atom is -0.493 e. The molecule has 0 amide bonds. The van der Waals surface area contributed by atoms with Crippen molar-refractivity contribution in [3.05, 3.63) is 41.7 Å². The van der Waals surface area contributed by atoms with Crippen molar-refractivity contribution in [2.45, 2.75) is 39.0 Å². The number of hydrogen-bond donors (Lipinski definition) is 2. The van der Waals surface area contributed by atoms with Crippen molar-refractivity contribution in [3.63, 3.8) is 0 Å². The van der Waals surface area contributed by atoms with Crippen molar-refractivity contribution < 1.29 is 9.47 Å². The van der Waals surface area contributed by atoms with Crippen LogP contribution in [-0.4, -0.2) is 30.7 Å². The van der Waals surface area contributed by atoms with E-state index in [1.165, 1.54) is 25.7 Å². The van der Waals surface area contributed by atoms with Crippen molar-refractivity contribution in [2.24, 2.45) is 0 Å². The van der Waals surface area contributed by atoms with Gasteiger partial charge in [-0.2, -0.15) is 0 Å². The zero-order valence-corrected chi connectivity index (χ0v) is 16.3. The lowest BCUT2D eigenvalue weighted by Gasteiger charge is -2.14. The molecule has 0 radical (unpaired) electrons. The van der Waals surface area contributed by atoms with Crippen LogP contribution in [0.3, 0.4) is 0 Å². The highest BCUT2D eigenvalue weighted by molar-refractivity contribution is 5.63. The zero-order valence-electron chi connectivity index (χ0n) is 16.3. The van der Waals surface area contributed by atoms with Gasteiger partial charge in [0.1, 0.15) is 17.5 Å². The van der Waals surface area contributed by atoms with E-state index in [0.717, 1.165) is 36.1 Å². The molecule has 1 aromatic carbocycles. The highest BCUT2D eigenvalue weighted by atomic mass is 16.5. The van der Waals surface area contributed by atoms with Crippen LogP contribution in [0.5, 0.6) is 11.5 Å². The Morgan fingerprint density at radius 3 is 2.56 bits per heavy atom. The molecule has 27 heavy (non-hydrogen) atoms. The van der Waals surface area contributed by atoms with Gasteiger partial charge in [0.15, 0.2) is 11.5 Å². The summed E-state index contributed by atoms with van der Waals surface area (Å²) >= 11 is 0. The molecule has 0 aliphatic heterocycles. The number of aromatic nitrogens is 2. The third-order valence-corrected chi connectivity index (χ3v) is 4.63. The number of hydrogen-bond acceptors (Lipinski definition) is 6. The predicted molar refractivity (Wildman–Crippen MR) is 109 cm³/mol. The average molecular weight is 368 g/mol. The first-order valence-corrected chi connectivity index (χ1v) is 9.44. The average Bonchev–Trinajstić information content (AvgIpc) is 2.68. The standard InChI is InChI=1S/C21H28N4O2/c1-15-23-20(22-12-11-16-7-5-4-6-8-16)14-21(24-15)25-17-9-10-18(26-2)19(13-17)27-3/h7,9-10,13-14H,4-6,8,11-12H2,1-3H3,(H2,22,23,24,25). The van der Waals surface area contributed by atoms with Crippen LogP contribution >= 0.6 is 0 Å². The molecule has 0 spiro atoms. The van der Waals surface area contributed by atoms with Crippen molar-refractivity contribution >= 4 is 17.3 Å².